The number of hydrogen-bond acceptors (Lipinski definition) is 2. The van der Waals surface area contributed by atoms with E-state index in [1.165, 1.54) is 55.0 Å². The van der Waals surface area contributed by atoms with Crippen LogP contribution in [-0.2, 0) is 0 Å². The first-order valence-corrected chi connectivity index (χ1v) is 10.6. The van der Waals surface area contributed by atoms with E-state index in [1.807, 2.05) is 11.8 Å². The van der Waals surface area contributed by atoms with Crippen LogP contribution in [0.3, 0.4) is 0 Å². The lowest BCUT2D eigenvalue weighted by atomic mass is 9.94. The highest BCUT2D eigenvalue weighted by Crippen LogP contribution is 2.47. The molecule has 1 heterocycles. The van der Waals surface area contributed by atoms with Gasteiger partial charge in [-0.1, -0.05) is 54.4 Å². The molecule has 0 amide bonds. The van der Waals surface area contributed by atoms with Crippen molar-refractivity contribution in [3.8, 4) is 0 Å². The van der Waals surface area contributed by atoms with Crippen LogP contribution in [0.5, 0.6) is 0 Å². The predicted octanol–water partition coefficient (Wildman–Crippen LogP) is 6.30. The molecule has 3 rings (SSSR count). The second kappa shape index (κ2) is 7.18. The fourth-order valence-electron chi connectivity index (χ4n) is 4.09. The topological polar surface area (TPSA) is 15.6 Å². The summed E-state index contributed by atoms with van der Waals surface area (Å²) in [6.45, 7) is 6.79. The van der Waals surface area contributed by atoms with Crippen molar-refractivity contribution in [3.05, 3.63) is 28.2 Å². The van der Waals surface area contributed by atoms with Gasteiger partial charge in [0.2, 0.25) is 0 Å². The van der Waals surface area contributed by atoms with Gasteiger partial charge in [0.1, 0.15) is 0 Å². The highest BCUT2D eigenvalue weighted by Gasteiger charge is 2.48. The summed E-state index contributed by atoms with van der Waals surface area (Å²) in [4.78, 5) is 7.82. The third-order valence-electron chi connectivity index (χ3n) is 5.40. The maximum atomic E-state index is 5.10. The molecule has 126 valence electrons. The minimum atomic E-state index is 0.378. The Morgan fingerprint density at radius 3 is 2.57 bits per heavy atom. The Morgan fingerprint density at radius 1 is 1.26 bits per heavy atom. The lowest BCUT2D eigenvalue weighted by Crippen LogP contribution is -2.50. The fourth-order valence-corrected chi connectivity index (χ4v) is 6.04. The third-order valence-corrected chi connectivity index (χ3v) is 7.13. The molecular weight excluding hydrogens is 368 g/mol. The average Bonchev–Trinajstić information content (AvgIpc) is 3.14. The highest BCUT2D eigenvalue weighted by atomic mass is 79.9. The monoisotopic (exact) mass is 394 g/mol. The van der Waals surface area contributed by atoms with Gasteiger partial charge >= 0.3 is 0 Å². The SMILES string of the molecule is CCC(CC)N1C(=Nc2ccc(Br)cc2C)SCC12CCCC2. The van der Waals surface area contributed by atoms with Crippen LogP contribution in [0.15, 0.2) is 27.7 Å². The van der Waals surface area contributed by atoms with Crippen LogP contribution in [0.25, 0.3) is 0 Å². The van der Waals surface area contributed by atoms with Crippen LogP contribution in [-0.4, -0.2) is 27.4 Å². The number of benzene rings is 1. The maximum Gasteiger partial charge on any atom is 0.165 e. The van der Waals surface area contributed by atoms with Crippen molar-refractivity contribution in [1.29, 1.82) is 0 Å². The Balaban J connectivity index is 1.98. The van der Waals surface area contributed by atoms with E-state index in [-0.39, 0.29) is 0 Å². The lowest BCUT2D eigenvalue weighted by molar-refractivity contribution is 0.153. The van der Waals surface area contributed by atoms with E-state index in [4.69, 9.17) is 4.99 Å². The number of aryl methyl sites for hydroxylation is 1. The molecule has 1 saturated carbocycles. The van der Waals surface area contributed by atoms with Crippen LogP contribution in [0.1, 0.15) is 57.9 Å². The Bertz CT molecular complexity index is 589. The summed E-state index contributed by atoms with van der Waals surface area (Å²) in [5.74, 6) is 1.22. The van der Waals surface area contributed by atoms with Gasteiger partial charge in [0.05, 0.1) is 11.2 Å². The van der Waals surface area contributed by atoms with Crippen LogP contribution < -0.4 is 0 Å². The largest absolute Gasteiger partial charge is 0.342 e. The number of rotatable bonds is 4. The molecule has 1 saturated heterocycles. The van der Waals surface area contributed by atoms with E-state index in [0.29, 0.717) is 11.6 Å². The van der Waals surface area contributed by atoms with Gasteiger partial charge in [0.25, 0.3) is 0 Å². The average molecular weight is 395 g/mol. The molecule has 0 radical (unpaired) electrons. The van der Waals surface area contributed by atoms with E-state index >= 15 is 0 Å². The number of thioether (sulfide) groups is 1. The number of halogens is 1. The summed E-state index contributed by atoms with van der Waals surface area (Å²) in [7, 11) is 0. The molecule has 4 heteroatoms. The molecule has 1 aromatic carbocycles. The molecule has 0 unspecified atom stereocenters. The summed E-state index contributed by atoms with van der Waals surface area (Å²) in [6, 6.07) is 7.01. The molecule has 1 aliphatic heterocycles. The predicted molar refractivity (Wildman–Crippen MR) is 106 cm³/mol. The molecule has 23 heavy (non-hydrogen) atoms. The van der Waals surface area contributed by atoms with Crippen LogP contribution >= 0.6 is 27.7 Å². The van der Waals surface area contributed by atoms with Crippen molar-refractivity contribution in [1.82, 2.24) is 4.90 Å². The highest BCUT2D eigenvalue weighted by molar-refractivity contribution is 9.10. The van der Waals surface area contributed by atoms with Crippen molar-refractivity contribution in [2.24, 2.45) is 4.99 Å². The molecule has 0 N–H and O–H groups in total. The van der Waals surface area contributed by atoms with Gasteiger partial charge in [-0.25, -0.2) is 4.99 Å². The Morgan fingerprint density at radius 2 is 1.96 bits per heavy atom. The molecule has 1 spiro atoms. The van der Waals surface area contributed by atoms with E-state index < -0.39 is 0 Å². The minimum absolute atomic E-state index is 0.378. The normalized spacial score (nSPS) is 22.0. The van der Waals surface area contributed by atoms with Gasteiger partial charge in [0, 0.05) is 16.3 Å². The molecule has 1 aliphatic carbocycles. The van der Waals surface area contributed by atoms with E-state index in [2.05, 4.69) is 59.8 Å². The second-order valence-corrected chi connectivity index (χ2v) is 8.74. The van der Waals surface area contributed by atoms with E-state index in [9.17, 15) is 0 Å². The standard InChI is InChI=1S/C19H27BrN2S/c1-4-16(5-2)22-18(23-13-19(22)10-6-7-11-19)21-17-9-8-15(20)12-14(17)3/h8-9,12,16H,4-7,10-11,13H2,1-3H3. The van der Waals surface area contributed by atoms with Crippen molar-refractivity contribution in [2.45, 2.75) is 70.9 Å². The zero-order valence-corrected chi connectivity index (χ0v) is 16.8. The van der Waals surface area contributed by atoms with E-state index in [1.54, 1.807) is 0 Å². The zero-order valence-electron chi connectivity index (χ0n) is 14.4. The second-order valence-electron chi connectivity index (χ2n) is 6.89. The maximum absolute atomic E-state index is 5.10. The summed E-state index contributed by atoms with van der Waals surface area (Å²) >= 11 is 5.53. The van der Waals surface area contributed by atoms with Gasteiger partial charge in [-0.05, 0) is 56.4 Å². The molecular formula is C19H27BrN2S. The zero-order chi connectivity index (χ0) is 16.4. The first-order valence-electron chi connectivity index (χ1n) is 8.86. The third kappa shape index (κ3) is 3.34. The lowest BCUT2D eigenvalue weighted by Gasteiger charge is -2.41. The smallest absolute Gasteiger partial charge is 0.165 e. The van der Waals surface area contributed by atoms with Crippen molar-refractivity contribution in [2.75, 3.05) is 5.75 Å². The molecule has 0 atom stereocenters. The molecule has 1 aromatic rings. The Kier molecular flexibility index (Phi) is 5.42. The molecule has 2 fully saturated rings. The summed E-state index contributed by atoms with van der Waals surface area (Å²) in [5.41, 5.74) is 2.73. The molecule has 0 bridgehead atoms. The molecule has 2 aliphatic rings. The quantitative estimate of drug-likeness (QED) is 0.595. The van der Waals surface area contributed by atoms with Gasteiger partial charge in [-0.2, -0.15) is 0 Å². The van der Waals surface area contributed by atoms with Gasteiger partial charge in [0.15, 0.2) is 5.17 Å². The van der Waals surface area contributed by atoms with Gasteiger partial charge < -0.3 is 4.90 Å². The minimum Gasteiger partial charge on any atom is -0.342 e. The summed E-state index contributed by atoms with van der Waals surface area (Å²) in [5, 5.41) is 1.26. The van der Waals surface area contributed by atoms with Crippen molar-refractivity contribution < 1.29 is 0 Å². The van der Waals surface area contributed by atoms with Gasteiger partial charge in [-0.15, -0.1) is 0 Å². The number of aliphatic imine (C=N–C) groups is 1. The van der Waals surface area contributed by atoms with Crippen molar-refractivity contribution >= 4 is 38.5 Å². The van der Waals surface area contributed by atoms with Crippen LogP contribution in [0.2, 0.25) is 0 Å². The first-order chi connectivity index (χ1) is 11.1. The Hall–Kier alpha value is -0.480. The van der Waals surface area contributed by atoms with Gasteiger partial charge in [-0.3, -0.25) is 0 Å². The fraction of sp³-hybridized carbons (Fsp3) is 0.632. The van der Waals surface area contributed by atoms with Crippen LogP contribution in [0, 0.1) is 6.92 Å². The molecule has 2 nitrogen and oxygen atoms in total. The van der Waals surface area contributed by atoms with Crippen LogP contribution in [0.4, 0.5) is 5.69 Å². The summed E-state index contributed by atoms with van der Waals surface area (Å²) < 4.78 is 1.13. The summed E-state index contributed by atoms with van der Waals surface area (Å²) in [6.07, 6.45) is 7.85. The molecule has 0 aromatic heterocycles. The number of nitrogens with zero attached hydrogens (tertiary/aromatic N) is 2. The Labute approximate surface area is 153 Å². The number of hydrogen-bond donors (Lipinski definition) is 0. The first kappa shape index (κ1) is 17.3. The number of amidine groups is 1. The van der Waals surface area contributed by atoms with E-state index in [0.717, 1.165) is 10.2 Å². The van der Waals surface area contributed by atoms with Crippen molar-refractivity contribution in [3.63, 3.8) is 0 Å².